The summed E-state index contributed by atoms with van der Waals surface area (Å²) in [7, 11) is -3.46. The molecule has 0 spiro atoms. The number of aliphatic hydroxyl groups excluding tert-OH is 1. The lowest BCUT2D eigenvalue weighted by Crippen LogP contribution is -2.48. The number of hydrogen-bond acceptors (Lipinski definition) is 3. The molecule has 2 aliphatic rings. The van der Waals surface area contributed by atoms with Gasteiger partial charge in [0.1, 0.15) is 0 Å². The SMILES string of the molecule is Cc1ccc(S(=O)(=O)N2CC[C@H](O)C[C@@H]2C2CC2)c(C)c1. The molecule has 5 heteroatoms. The van der Waals surface area contributed by atoms with Crippen LogP contribution in [0.4, 0.5) is 0 Å². The first kappa shape index (κ1) is 15.0. The quantitative estimate of drug-likeness (QED) is 0.931. The lowest BCUT2D eigenvalue weighted by atomic mass is 9.98. The highest BCUT2D eigenvalue weighted by Crippen LogP contribution is 2.41. The van der Waals surface area contributed by atoms with E-state index in [1.54, 1.807) is 10.4 Å². The molecule has 0 bridgehead atoms. The van der Waals surface area contributed by atoms with E-state index in [0.29, 0.717) is 30.2 Å². The van der Waals surface area contributed by atoms with Crippen LogP contribution in [0, 0.1) is 19.8 Å². The molecule has 1 aliphatic heterocycles. The molecule has 1 aliphatic carbocycles. The Balaban J connectivity index is 1.96. The van der Waals surface area contributed by atoms with Crippen molar-refractivity contribution in [3.63, 3.8) is 0 Å². The minimum absolute atomic E-state index is 0.0283. The number of aliphatic hydroxyl groups is 1. The fourth-order valence-electron chi connectivity index (χ4n) is 3.38. The van der Waals surface area contributed by atoms with Crippen molar-refractivity contribution in [3.8, 4) is 0 Å². The number of nitrogens with zero attached hydrogens (tertiary/aromatic N) is 1. The van der Waals surface area contributed by atoms with E-state index in [1.165, 1.54) is 0 Å². The molecule has 2 atom stereocenters. The van der Waals surface area contributed by atoms with E-state index in [1.807, 2.05) is 26.0 Å². The summed E-state index contributed by atoms with van der Waals surface area (Å²) in [5.41, 5.74) is 1.87. The first-order valence-electron chi connectivity index (χ1n) is 7.67. The maximum Gasteiger partial charge on any atom is 0.243 e. The third-order valence-electron chi connectivity index (χ3n) is 4.65. The van der Waals surface area contributed by atoms with Crippen molar-refractivity contribution in [2.24, 2.45) is 5.92 Å². The Morgan fingerprint density at radius 1 is 1.19 bits per heavy atom. The van der Waals surface area contributed by atoms with Gasteiger partial charge in [0.2, 0.25) is 10.0 Å². The minimum atomic E-state index is -3.46. The van der Waals surface area contributed by atoms with Crippen molar-refractivity contribution >= 4 is 10.0 Å². The van der Waals surface area contributed by atoms with Gasteiger partial charge in [-0.15, -0.1) is 0 Å². The van der Waals surface area contributed by atoms with Gasteiger partial charge in [0, 0.05) is 12.6 Å². The second-order valence-corrected chi connectivity index (χ2v) is 8.33. The Kier molecular flexibility index (Phi) is 3.84. The summed E-state index contributed by atoms with van der Waals surface area (Å²) in [5.74, 6) is 0.431. The summed E-state index contributed by atoms with van der Waals surface area (Å²) >= 11 is 0. The smallest absolute Gasteiger partial charge is 0.243 e. The molecule has 0 unspecified atom stereocenters. The van der Waals surface area contributed by atoms with Crippen molar-refractivity contribution in [3.05, 3.63) is 29.3 Å². The fraction of sp³-hybridized carbons (Fsp3) is 0.625. The number of benzene rings is 1. The zero-order valence-corrected chi connectivity index (χ0v) is 13.4. The van der Waals surface area contributed by atoms with Crippen molar-refractivity contribution in [2.45, 2.75) is 56.6 Å². The second-order valence-electron chi connectivity index (χ2n) is 6.47. The minimum Gasteiger partial charge on any atom is -0.393 e. The molecule has 1 aromatic carbocycles. The Hall–Kier alpha value is -0.910. The summed E-state index contributed by atoms with van der Waals surface area (Å²) in [4.78, 5) is 0.412. The van der Waals surface area contributed by atoms with Gasteiger partial charge < -0.3 is 5.11 Å². The molecule has 0 amide bonds. The van der Waals surface area contributed by atoms with Crippen LogP contribution in [0.3, 0.4) is 0 Å². The molecule has 4 nitrogen and oxygen atoms in total. The summed E-state index contributed by atoms with van der Waals surface area (Å²) in [6.45, 7) is 4.25. The number of sulfonamides is 1. The van der Waals surface area contributed by atoms with E-state index in [4.69, 9.17) is 0 Å². The molecule has 21 heavy (non-hydrogen) atoms. The molecule has 2 fully saturated rings. The maximum absolute atomic E-state index is 13.0. The third kappa shape index (κ3) is 2.87. The van der Waals surface area contributed by atoms with Crippen molar-refractivity contribution in [2.75, 3.05) is 6.54 Å². The average Bonchev–Trinajstić information content (AvgIpc) is 3.21. The van der Waals surface area contributed by atoms with Crippen LogP contribution in [0.2, 0.25) is 0 Å². The molecular formula is C16H23NO3S. The van der Waals surface area contributed by atoms with Crippen molar-refractivity contribution < 1.29 is 13.5 Å². The third-order valence-corrected chi connectivity index (χ3v) is 6.73. The van der Waals surface area contributed by atoms with Crippen LogP contribution < -0.4 is 0 Å². The standard InChI is InChI=1S/C16H23NO3S/c1-11-3-6-16(12(2)9-11)21(19,20)17-8-7-14(18)10-15(17)13-4-5-13/h3,6,9,13-15,18H,4-5,7-8,10H2,1-2H3/t14-,15+/m0/s1. The van der Waals surface area contributed by atoms with Gasteiger partial charge in [-0.2, -0.15) is 4.31 Å². The highest BCUT2D eigenvalue weighted by molar-refractivity contribution is 7.89. The van der Waals surface area contributed by atoms with Crippen LogP contribution in [0.15, 0.2) is 23.1 Å². The van der Waals surface area contributed by atoms with Gasteiger partial charge in [-0.05, 0) is 57.1 Å². The lowest BCUT2D eigenvalue weighted by molar-refractivity contribution is 0.0736. The maximum atomic E-state index is 13.0. The predicted molar refractivity (Wildman–Crippen MR) is 81.6 cm³/mol. The number of piperidine rings is 1. The summed E-state index contributed by atoms with van der Waals surface area (Å²) in [6.07, 6.45) is 2.91. The summed E-state index contributed by atoms with van der Waals surface area (Å²) in [6, 6.07) is 5.46. The van der Waals surface area contributed by atoms with Gasteiger partial charge in [-0.1, -0.05) is 17.7 Å². The van der Waals surface area contributed by atoms with Crippen molar-refractivity contribution in [1.82, 2.24) is 4.31 Å². The molecule has 1 saturated heterocycles. The number of hydrogen-bond donors (Lipinski definition) is 1. The molecule has 3 rings (SSSR count). The lowest BCUT2D eigenvalue weighted by Gasteiger charge is -2.37. The number of rotatable bonds is 3. The zero-order chi connectivity index (χ0) is 15.2. The first-order chi connectivity index (χ1) is 9.89. The van der Waals surface area contributed by atoms with Crippen LogP contribution in [-0.2, 0) is 10.0 Å². The highest BCUT2D eigenvalue weighted by Gasteiger charge is 2.44. The molecule has 0 aromatic heterocycles. The van der Waals surface area contributed by atoms with E-state index in [-0.39, 0.29) is 12.1 Å². The Morgan fingerprint density at radius 3 is 2.52 bits per heavy atom. The van der Waals surface area contributed by atoms with E-state index in [0.717, 1.165) is 24.0 Å². The van der Waals surface area contributed by atoms with E-state index >= 15 is 0 Å². The van der Waals surface area contributed by atoms with Crippen LogP contribution in [0.25, 0.3) is 0 Å². The van der Waals surface area contributed by atoms with E-state index in [2.05, 4.69) is 0 Å². The van der Waals surface area contributed by atoms with Crippen LogP contribution >= 0.6 is 0 Å². The molecule has 1 aromatic rings. The highest BCUT2D eigenvalue weighted by atomic mass is 32.2. The second kappa shape index (κ2) is 5.38. The van der Waals surface area contributed by atoms with Crippen molar-refractivity contribution in [1.29, 1.82) is 0 Å². The monoisotopic (exact) mass is 309 g/mol. The predicted octanol–water partition coefficient (Wildman–Crippen LogP) is 2.23. The first-order valence-corrected chi connectivity index (χ1v) is 9.11. The molecule has 1 N–H and O–H groups in total. The van der Waals surface area contributed by atoms with E-state index in [9.17, 15) is 13.5 Å². The van der Waals surface area contributed by atoms with Crippen LogP contribution in [0.5, 0.6) is 0 Å². The fourth-order valence-corrected chi connectivity index (χ4v) is 5.30. The normalized spacial score (nSPS) is 27.8. The summed E-state index contributed by atoms with van der Waals surface area (Å²) < 4.78 is 27.7. The van der Waals surface area contributed by atoms with E-state index < -0.39 is 10.0 Å². The molecule has 116 valence electrons. The van der Waals surface area contributed by atoms with Crippen LogP contribution in [0.1, 0.15) is 36.8 Å². The van der Waals surface area contributed by atoms with Gasteiger partial charge in [0.25, 0.3) is 0 Å². The largest absolute Gasteiger partial charge is 0.393 e. The van der Waals surface area contributed by atoms with Crippen LogP contribution in [-0.4, -0.2) is 36.5 Å². The topological polar surface area (TPSA) is 57.6 Å². The van der Waals surface area contributed by atoms with Gasteiger partial charge in [0.05, 0.1) is 11.0 Å². The average molecular weight is 309 g/mol. The molecule has 1 heterocycles. The molecule has 1 saturated carbocycles. The number of aryl methyl sites for hydroxylation is 2. The zero-order valence-electron chi connectivity index (χ0n) is 12.6. The van der Waals surface area contributed by atoms with Gasteiger partial charge in [-0.25, -0.2) is 8.42 Å². The Morgan fingerprint density at radius 2 is 1.90 bits per heavy atom. The summed E-state index contributed by atoms with van der Waals surface area (Å²) in [5, 5.41) is 9.88. The van der Waals surface area contributed by atoms with Gasteiger partial charge >= 0.3 is 0 Å². The Labute approximate surface area is 126 Å². The molecule has 0 radical (unpaired) electrons. The Bertz CT molecular complexity index is 637. The van der Waals surface area contributed by atoms with Gasteiger partial charge in [0.15, 0.2) is 0 Å². The van der Waals surface area contributed by atoms with Gasteiger partial charge in [-0.3, -0.25) is 0 Å². The molecular weight excluding hydrogens is 286 g/mol.